The van der Waals surface area contributed by atoms with E-state index in [1.807, 2.05) is 6.07 Å². The molecular weight excluding hydrogens is 286 g/mol. The number of esters is 1. The Morgan fingerprint density at radius 1 is 1.32 bits per heavy atom. The minimum Gasteiger partial charge on any atom is -0.456 e. The second kappa shape index (κ2) is 6.72. The number of nitro benzene ring substituents is 1. The molecule has 0 aliphatic heterocycles. The van der Waals surface area contributed by atoms with Gasteiger partial charge in [0, 0.05) is 19.2 Å². The Balaban J connectivity index is 3.27. The molecule has 1 aromatic rings. The van der Waals surface area contributed by atoms with Gasteiger partial charge < -0.3 is 10.1 Å². The first kappa shape index (κ1) is 17.2. The van der Waals surface area contributed by atoms with Crippen molar-refractivity contribution in [3.8, 4) is 6.07 Å². The van der Waals surface area contributed by atoms with Gasteiger partial charge in [-0.05, 0) is 38.5 Å². The molecule has 7 heteroatoms. The summed E-state index contributed by atoms with van der Waals surface area (Å²) in [5, 5.41) is 22.7. The van der Waals surface area contributed by atoms with Crippen LogP contribution >= 0.6 is 0 Å². The minimum absolute atomic E-state index is 0.0741. The lowest BCUT2D eigenvalue weighted by Gasteiger charge is -2.20. The van der Waals surface area contributed by atoms with Crippen LogP contribution in [0.4, 0.5) is 5.69 Å². The number of hydrogen-bond acceptors (Lipinski definition) is 6. The van der Waals surface area contributed by atoms with Crippen molar-refractivity contribution in [1.29, 1.82) is 5.26 Å². The number of benzene rings is 1. The number of nitro groups is 1. The molecule has 0 radical (unpaired) electrons. The van der Waals surface area contributed by atoms with Crippen molar-refractivity contribution in [3.05, 3.63) is 45.5 Å². The number of non-ortho nitro benzene ring substituents is 1. The third kappa shape index (κ3) is 4.31. The quantitative estimate of drug-likeness (QED) is 0.301. The Morgan fingerprint density at radius 3 is 2.23 bits per heavy atom. The third-order valence-corrected chi connectivity index (χ3v) is 2.58. The van der Waals surface area contributed by atoms with E-state index in [0.717, 1.165) is 0 Å². The zero-order valence-corrected chi connectivity index (χ0v) is 12.8. The summed E-state index contributed by atoms with van der Waals surface area (Å²) in [5.74, 6) is -0.752. The topological polar surface area (TPSA) is 105 Å². The summed E-state index contributed by atoms with van der Waals surface area (Å²) in [5.41, 5.74) is -0.253. The predicted octanol–water partition coefficient (Wildman–Crippen LogP) is 2.39. The van der Waals surface area contributed by atoms with Crippen molar-refractivity contribution >= 4 is 17.4 Å². The zero-order valence-electron chi connectivity index (χ0n) is 12.8. The SMILES string of the molecule is CN/C(=C(/C#N)C(=O)OC(C)(C)C)c1ccc([N+](=O)[O-])cc1. The van der Waals surface area contributed by atoms with Gasteiger partial charge in [-0.25, -0.2) is 4.79 Å². The van der Waals surface area contributed by atoms with E-state index in [1.54, 1.807) is 27.8 Å². The molecule has 0 saturated carbocycles. The molecular formula is C15H17N3O4. The van der Waals surface area contributed by atoms with Gasteiger partial charge in [0.15, 0.2) is 5.57 Å². The van der Waals surface area contributed by atoms with Gasteiger partial charge in [-0.2, -0.15) is 5.26 Å². The summed E-state index contributed by atoms with van der Waals surface area (Å²) in [4.78, 5) is 22.2. The van der Waals surface area contributed by atoms with Crippen molar-refractivity contribution in [3.63, 3.8) is 0 Å². The highest BCUT2D eigenvalue weighted by atomic mass is 16.6. The van der Waals surface area contributed by atoms with Crippen LogP contribution in [0.5, 0.6) is 0 Å². The monoisotopic (exact) mass is 303 g/mol. The maximum atomic E-state index is 12.1. The van der Waals surface area contributed by atoms with Gasteiger partial charge in [-0.1, -0.05) is 0 Å². The fourth-order valence-electron chi connectivity index (χ4n) is 1.70. The summed E-state index contributed by atoms with van der Waals surface area (Å²) in [6.07, 6.45) is 0. The largest absolute Gasteiger partial charge is 0.456 e. The van der Waals surface area contributed by atoms with Gasteiger partial charge in [0.1, 0.15) is 11.7 Å². The van der Waals surface area contributed by atoms with E-state index in [-0.39, 0.29) is 17.0 Å². The van der Waals surface area contributed by atoms with E-state index in [4.69, 9.17) is 4.74 Å². The van der Waals surface area contributed by atoms with Crippen molar-refractivity contribution in [2.45, 2.75) is 26.4 Å². The maximum Gasteiger partial charge on any atom is 0.351 e. The van der Waals surface area contributed by atoms with Crippen LogP contribution in [0.15, 0.2) is 29.8 Å². The number of carbonyl (C=O) groups excluding carboxylic acids is 1. The van der Waals surface area contributed by atoms with E-state index in [2.05, 4.69) is 5.32 Å². The fraction of sp³-hybridized carbons (Fsp3) is 0.333. The van der Waals surface area contributed by atoms with Crippen molar-refractivity contribution < 1.29 is 14.5 Å². The molecule has 1 N–H and O–H groups in total. The number of hydrogen-bond donors (Lipinski definition) is 1. The molecule has 116 valence electrons. The third-order valence-electron chi connectivity index (χ3n) is 2.58. The Bertz CT molecular complexity index is 649. The lowest BCUT2D eigenvalue weighted by atomic mass is 10.1. The number of ether oxygens (including phenoxy) is 1. The highest BCUT2D eigenvalue weighted by molar-refractivity contribution is 6.01. The average molecular weight is 303 g/mol. The van der Waals surface area contributed by atoms with Gasteiger partial charge in [0.25, 0.3) is 5.69 Å². The van der Waals surface area contributed by atoms with Gasteiger partial charge in [-0.15, -0.1) is 0 Å². The van der Waals surface area contributed by atoms with Crippen LogP contribution in [0.2, 0.25) is 0 Å². The molecule has 0 saturated heterocycles. The van der Waals surface area contributed by atoms with Crippen LogP contribution in [0.25, 0.3) is 5.70 Å². The number of nitrogens with one attached hydrogen (secondary N) is 1. The molecule has 0 heterocycles. The fourth-order valence-corrected chi connectivity index (χ4v) is 1.70. The highest BCUT2D eigenvalue weighted by Gasteiger charge is 2.23. The molecule has 0 atom stereocenters. The number of carbonyl (C=O) groups is 1. The minimum atomic E-state index is -0.752. The molecule has 0 aromatic heterocycles. The Kier molecular flexibility index (Phi) is 5.24. The summed E-state index contributed by atoms with van der Waals surface area (Å²) in [6.45, 7) is 5.10. The number of nitrogens with zero attached hydrogens (tertiary/aromatic N) is 2. The van der Waals surface area contributed by atoms with Gasteiger partial charge >= 0.3 is 5.97 Å². The maximum absolute atomic E-state index is 12.1. The van der Waals surface area contributed by atoms with Crippen LogP contribution < -0.4 is 5.32 Å². The Hall–Kier alpha value is -2.88. The summed E-state index contributed by atoms with van der Waals surface area (Å²) in [7, 11) is 1.55. The standard InChI is InChI=1S/C15H17N3O4/c1-15(2,3)22-14(19)12(9-16)13(17-4)10-5-7-11(8-6-10)18(20)21/h5-8,17H,1-4H3/b13-12-. The van der Waals surface area contributed by atoms with E-state index in [1.165, 1.54) is 24.3 Å². The average Bonchev–Trinajstić information content (AvgIpc) is 2.42. The summed E-state index contributed by atoms with van der Waals surface area (Å²) < 4.78 is 5.19. The van der Waals surface area contributed by atoms with Crippen LogP contribution in [0, 0.1) is 21.4 Å². The molecule has 0 unspecified atom stereocenters. The van der Waals surface area contributed by atoms with Crippen molar-refractivity contribution in [2.75, 3.05) is 7.05 Å². The number of nitriles is 1. The van der Waals surface area contributed by atoms with E-state index in [9.17, 15) is 20.2 Å². The summed E-state index contributed by atoms with van der Waals surface area (Å²) >= 11 is 0. The normalized spacial score (nSPS) is 12.0. The van der Waals surface area contributed by atoms with Gasteiger partial charge in [-0.3, -0.25) is 10.1 Å². The zero-order chi connectivity index (χ0) is 16.9. The first-order valence-electron chi connectivity index (χ1n) is 6.50. The van der Waals surface area contributed by atoms with Crippen LogP contribution in [0.3, 0.4) is 0 Å². The van der Waals surface area contributed by atoms with E-state index in [0.29, 0.717) is 5.56 Å². The highest BCUT2D eigenvalue weighted by Crippen LogP contribution is 2.21. The Morgan fingerprint density at radius 2 is 1.86 bits per heavy atom. The first-order chi connectivity index (χ1) is 10.2. The first-order valence-corrected chi connectivity index (χ1v) is 6.50. The smallest absolute Gasteiger partial charge is 0.351 e. The molecule has 7 nitrogen and oxygen atoms in total. The van der Waals surface area contributed by atoms with Gasteiger partial charge in [0.05, 0.1) is 10.6 Å². The molecule has 0 aliphatic carbocycles. The molecule has 0 aliphatic rings. The van der Waals surface area contributed by atoms with Crippen LogP contribution in [-0.4, -0.2) is 23.5 Å². The van der Waals surface area contributed by atoms with Gasteiger partial charge in [0.2, 0.25) is 0 Å². The van der Waals surface area contributed by atoms with Crippen molar-refractivity contribution in [1.82, 2.24) is 5.32 Å². The lowest BCUT2D eigenvalue weighted by molar-refractivity contribution is -0.384. The molecule has 0 bridgehead atoms. The number of rotatable bonds is 4. The molecule has 0 spiro atoms. The molecule has 1 rings (SSSR count). The molecule has 1 aromatic carbocycles. The van der Waals surface area contributed by atoms with E-state index >= 15 is 0 Å². The molecule has 0 amide bonds. The second-order valence-electron chi connectivity index (χ2n) is 5.42. The Labute approximate surface area is 128 Å². The predicted molar refractivity (Wildman–Crippen MR) is 80.5 cm³/mol. The van der Waals surface area contributed by atoms with Crippen LogP contribution in [-0.2, 0) is 9.53 Å². The second-order valence-corrected chi connectivity index (χ2v) is 5.42. The lowest BCUT2D eigenvalue weighted by Crippen LogP contribution is -2.26. The molecule has 22 heavy (non-hydrogen) atoms. The van der Waals surface area contributed by atoms with Crippen LogP contribution in [0.1, 0.15) is 26.3 Å². The van der Waals surface area contributed by atoms with E-state index < -0.39 is 16.5 Å². The molecule has 0 fully saturated rings. The van der Waals surface area contributed by atoms with Crippen molar-refractivity contribution in [2.24, 2.45) is 0 Å². The summed E-state index contributed by atoms with van der Waals surface area (Å²) in [6, 6.07) is 7.35.